The van der Waals surface area contributed by atoms with Gasteiger partial charge in [0.15, 0.2) is 16.6 Å². The van der Waals surface area contributed by atoms with Gasteiger partial charge in [-0.1, -0.05) is 106 Å². The van der Waals surface area contributed by atoms with Gasteiger partial charge in [-0.3, -0.25) is 4.79 Å². The Labute approximate surface area is 292 Å². The molecule has 5 atom stereocenters. The molecule has 0 amide bonds. The third-order valence-corrected chi connectivity index (χ3v) is 19.9. The number of aryl methyl sites for hydroxylation is 1. The zero-order valence-corrected chi connectivity index (χ0v) is 34.7. The van der Waals surface area contributed by atoms with Crippen LogP contribution < -0.4 is 0 Å². The zero-order chi connectivity index (χ0) is 34.8. The van der Waals surface area contributed by atoms with Crippen molar-refractivity contribution in [2.24, 2.45) is 11.8 Å². The summed E-state index contributed by atoms with van der Waals surface area (Å²) in [7, 11) is -2.40. The van der Waals surface area contributed by atoms with Gasteiger partial charge in [-0.05, 0) is 79.5 Å². The summed E-state index contributed by atoms with van der Waals surface area (Å²) in [5.41, 5.74) is 2.49. The highest BCUT2D eigenvalue weighted by molar-refractivity contribution is 9.09. The monoisotopic (exact) mass is 736 g/mol. The molecule has 8 heteroatoms. The van der Waals surface area contributed by atoms with Crippen LogP contribution in [-0.4, -0.2) is 53.4 Å². The maximum Gasteiger partial charge on any atom is 0.302 e. The van der Waals surface area contributed by atoms with Crippen LogP contribution in [0.1, 0.15) is 91.7 Å². The lowest BCUT2D eigenvalue weighted by Crippen LogP contribution is -2.45. The zero-order valence-electron chi connectivity index (χ0n) is 31.1. The molecule has 262 valence electrons. The summed E-state index contributed by atoms with van der Waals surface area (Å²) < 4.78 is 25.6. The van der Waals surface area contributed by atoms with Gasteiger partial charge < -0.3 is 18.3 Å². The van der Waals surface area contributed by atoms with Gasteiger partial charge >= 0.3 is 5.97 Å². The van der Waals surface area contributed by atoms with E-state index in [0.29, 0.717) is 6.61 Å². The van der Waals surface area contributed by atoms with Crippen LogP contribution in [0.3, 0.4) is 0 Å². The molecule has 0 heterocycles. The van der Waals surface area contributed by atoms with E-state index in [1.165, 1.54) is 18.1 Å². The summed E-state index contributed by atoms with van der Waals surface area (Å²) in [5.74, 6) is 0.0491. The second-order valence-corrected chi connectivity index (χ2v) is 26.5. The summed E-state index contributed by atoms with van der Waals surface area (Å²) in [6, 6.07) is 8.69. The van der Waals surface area contributed by atoms with E-state index in [9.17, 15) is 4.79 Å². The van der Waals surface area contributed by atoms with E-state index in [0.717, 1.165) is 43.9 Å². The van der Waals surface area contributed by atoms with Crippen molar-refractivity contribution in [3.05, 3.63) is 59.7 Å². The number of benzene rings is 1. The first-order chi connectivity index (χ1) is 21.3. The van der Waals surface area contributed by atoms with Gasteiger partial charge in [0, 0.05) is 37.6 Å². The minimum Gasteiger partial charge on any atom is -0.462 e. The third-order valence-electron chi connectivity index (χ3n) is 10.3. The largest absolute Gasteiger partial charge is 0.462 e. The van der Waals surface area contributed by atoms with Crippen LogP contribution in [0.5, 0.6) is 0 Å². The first kappa shape index (κ1) is 41.1. The topological polar surface area (TPSA) is 54.0 Å². The number of carbonyl (C=O) groups excluding carboxylic acids is 1. The number of ether oxygens (including phenoxy) is 2. The molecule has 1 aromatic rings. The first-order valence-corrected chi connectivity index (χ1v) is 24.2. The van der Waals surface area contributed by atoms with Gasteiger partial charge in [-0.25, -0.2) is 0 Å². The van der Waals surface area contributed by atoms with Crippen LogP contribution in [0.4, 0.5) is 0 Å². The van der Waals surface area contributed by atoms with Crippen LogP contribution in [0.2, 0.25) is 36.3 Å². The molecule has 0 radical (unpaired) electrons. The number of carbonyl (C=O) groups is 1. The molecule has 0 aliphatic heterocycles. The number of hydrogen-bond acceptors (Lipinski definition) is 5. The molecule has 0 bridgehead atoms. The number of unbranched alkanes of at least 4 members (excludes halogenated alkanes) is 1. The van der Waals surface area contributed by atoms with Crippen molar-refractivity contribution in [1.29, 1.82) is 0 Å². The molecular weight excluding hydrogens is 672 g/mol. The lowest BCUT2D eigenvalue weighted by Gasteiger charge is -2.40. The number of hydrogen-bond donors (Lipinski definition) is 0. The van der Waals surface area contributed by atoms with Crippen molar-refractivity contribution in [1.82, 2.24) is 0 Å². The average molecular weight is 738 g/mol. The molecule has 0 aromatic heterocycles. The summed E-state index contributed by atoms with van der Waals surface area (Å²) in [5, 5.41) is 1.18. The van der Waals surface area contributed by atoms with Gasteiger partial charge in [0.25, 0.3) is 0 Å². The molecule has 1 aromatic carbocycles. The van der Waals surface area contributed by atoms with E-state index in [-0.39, 0.29) is 46.2 Å². The van der Waals surface area contributed by atoms with Crippen LogP contribution >= 0.6 is 15.9 Å². The van der Waals surface area contributed by atoms with E-state index in [2.05, 4.69) is 132 Å². The maximum absolute atomic E-state index is 12.3. The predicted molar refractivity (Wildman–Crippen MR) is 203 cm³/mol. The average Bonchev–Trinajstić information content (AvgIpc) is 3.23. The molecule has 0 N–H and O–H groups in total. The Balaban J connectivity index is 2.50. The Kier molecular flexibility index (Phi) is 16.2. The molecule has 0 spiro atoms. The highest BCUT2D eigenvalue weighted by Crippen LogP contribution is 2.45. The summed E-state index contributed by atoms with van der Waals surface area (Å²) in [6.07, 6.45) is 14.6. The fourth-order valence-corrected chi connectivity index (χ4v) is 8.60. The lowest BCUT2D eigenvalue weighted by molar-refractivity contribution is -0.148. The van der Waals surface area contributed by atoms with E-state index < -0.39 is 16.6 Å². The fraction of sp³-hybridized carbons (Fsp3) is 0.711. The number of allylic oxidation sites excluding steroid dienone is 2. The Bertz CT molecular complexity index is 1130. The van der Waals surface area contributed by atoms with Crippen molar-refractivity contribution >= 4 is 38.5 Å². The second-order valence-electron chi connectivity index (χ2n) is 16.2. The normalized spacial score (nSPS) is 22.2. The van der Waals surface area contributed by atoms with Crippen LogP contribution in [0, 0.1) is 11.8 Å². The van der Waals surface area contributed by atoms with E-state index in [1.54, 1.807) is 7.11 Å². The van der Waals surface area contributed by atoms with Crippen LogP contribution in [0.15, 0.2) is 48.6 Å². The van der Waals surface area contributed by atoms with Crippen molar-refractivity contribution in [2.45, 2.75) is 148 Å². The smallest absolute Gasteiger partial charge is 0.302 e. The fourth-order valence-electron chi connectivity index (χ4n) is 5.61. The molecule has 0 unspecified atom stereocenters. The van der Waals surface area contributed by atoms with E-state index >= 15 is 0 Å². The molecule has 1 aliphatic carbocycles. The van der Waals surface area contributed by atoms with Gasteiger partial charge in [0.1, 0.15) is 6.10 Å². The van der Waals surface area contributed by atoms with Gasteiger partial charge in [-0.2, -0.15) is 0 Å². The van der Waals surface area contributed by atoms with Crippen molar-refractivity contribution in [3.8, 4) is 0 Å². The predicted octanol–water partition coefficient (Wildman–Crippen LogP) is 10.8. The van der Waals surface area contributed by atoms with Crippen molar-refractivity contribution < 1.29 is 23.1 Å². The minimum atomic E-state index is -2.08. The van der Waals surface area contributed by atoms with E-state index in [1.807, 2.05) is 0 Å². The number of halogens is 1. The third kappa shape index (κ3) is 12.8. The molecule has 2 rings (SSSR count). The second kappa shape index (κ2) is 18.1. The standard InChI is InChI=1S/C38H65BrO5Si2/c1-29(40)42-35-27-36(44-46(11,12)38(5,6)7)34(33(35)20-15-13-14-16-25-39)24-23-32(43-45(9,10)37(2,3)4)22-21-30-18-17-19-31(26-30)28-41-8/h13,15,17-19,23-24,26,32-36H,14,16,20-22,25,27-28H2,1-12H3/t32-,33+,34+,35-,36+/m0/s1. The van der Waals surface area contributed by atoms with Crippen LogP contribution in [-0.2, 0) is 36.1 Å². The van der Waals surface area contributed by atoms with Crippen molar-refractivity contribution in [3.63, 3.8) is 0 Å². The van der Waals surface area contributed by atoms with Crippen LogP contribution in [0.25, 0.3) is 0 Å². The lowest BCUT2D eigenvalue weighted by atomic mass is 9.89. The SMILES string of the molecule is COCc1cccc(CC[C@@H](C=C[C@@H]2[C@@H](CC=CCCCBr)[C@@H](OC(C)=O)C[C@H]2O[Si](C)(C)C(C)(C)C)O[Si](C)(C)C(C)(C)C)c1. The Morgan fingerprint density at radius 3 is 2.24 bits per heavy atom. The molecule has 1 aliphatic rings. The van der Waals surface area contributed by atoms with E-state index in [4.69, 9.17) is 18.3 Å². The number of esters is 1. The van der Waals surface area contributed by atoms with Crippen molar-refractivity contribution in [2.75, 3.05) is 12.4 Å². The van der Waals surface area contributed by atoms with Gasteiger partial charge in [-0.15, -0.1) is 0 Å². The maximum atomic E-state index is 12.3. The molecule has 1 fully saturated rings. The minimum absolute atomic E-state index is 0.0123. The Hall–Kier alpha value is -1.04. The summed E-state index contributed by atoms with van der Waals surface area (Å²) in [4.78, 5) is 12.3. The quantitative estimate of drug-likeness (QED) is 0.0524. The number of methoxy groups -OCH3 is 1. The Morgan fingerprint density at radius 2 is 1.65 bits per heavy atom. The number of alkyl halides is 1. The molecular formula is C38H65BrO5Si2. The van der Waals surface area contributed by atoms with Gasteiger partial charge in [0.2, 0.25) is 0 Å². The highest BCUT2D eigenvalue weighted by Gasteiger charge is 2.48. The Morgan fingerprint density at radius 1 is 1.00 bits per heavy atom. The summed E-state index contributed by atoms with van der Waals surface area (Å²) >= 11 is 3.54. The molecule has 0 saturated heterocycles. The molecule has 5 nitrogen and oxygen atoms in total. The molecule has 46 heavy (non-hydrogen) atoms. The highest BCUT2D eigenvalue weighted by atomic mass is 79.9. The first-order valence-electron chi connectivity index (χ1n) is 17.3. The van der Waals surface area contributed by atoms with Gasteiger partial charge in [0.05, 0.1) is 18.8 Å². The summed E-state index contributed by atoms with van der Waals surface area (Å²) in [6.45, 7) is 25.2. The number of rotatable bonds is 17. The molecule has 1 saturated carbocycles.